The van der Waals surface area contributed by atoms with Crippen molar-refractivity contribution in [1.29, 1.82) is 0 Å². The standard InChI is InChI=1S/C23H32N4S/c1-23(2)10-9-17-20(13-23)25-26-22(17)19-12-21-18(24-19)11-16(28-21)14-27(3)15-7-5-4-6-8-15/h11-12,15,24H,4-10,13-14H2,1-3H3,(H,25,26). The minimum absolute atomic E-state index is 0.381. The van der Waals surface area contributed by atoms with Crippen molar-refractivity contribution in [2.75, 3.05) is 7.05 Å². The third kappa shape index (κ3) is 3.43. The van der Waals surface area contributed by atoms with Crippen LogP contribution < -0.4 is 0 Å². The summed E-state index contributed by atoms with van der Waals surface area (Å²) in [5.41, 5.74) is 6.71. The molecule has 0 radical (unpaired) electrons. The monoisotopic (exact) mass is 396 g/mol. The topological polar surface area (TPSA) is 47.7 Å². The van der Waals surface area contributed by atoms with Crippen LogP contribution in [0.4, 0.5) is 0 Å². The van der Waals surface area contributed by atoms with Crippen LogP contribution in [0.15, 0.2) is 12.1 Å². The fourth-order valence-electron chi connectivity index (χ4n) is 5.15. The van der Waals surface area contributed by atoms with E-state index >= 15 is 0 Å². The van der Waals surface area contributed by atoms with Gasteiger partial charge in [0.15, 0.2) is 0 Å². The van der Waals surface area contributed by atoms with E-state index in [2.05, 4.69) is 53.1 Å². The quantitative estimate of drug-likeness (QED) is 0.577. The number of aromatic nitrogens is 3. The summed E-state index contributed by atoms with van der Waals surface area (Å²) in [5.74, 6) is 0. The van der Waals surface area contributed by atoms with Crippen LogP contribution in [-0.4, -0.2) is 33.2 Å². The molecular formula is C23H32N4S. The van der Waals surface area contributed by atoms with E-state index in [4.69, 9.17) is 0 Å². The summed E-state index contributed by atoms with van der Waals surface area (Å²) in [6.07, 6.45) is 10.4. The Balaban J connectivity index is 1.35. The van der Waals surface area contributed by atoms with Gasteiger partial charge in [0, 0.05) is 28.7 Å². The second kappa shape index (κ2) is 7.03. The zero-order valence-corrected chi connectivity index (χ0v) is 18.2. The first-order valence-electron chi connectivity index (χ1n) is 10.9. The second-order valence-electron chi connectivity index (χ2n) is 9.75. The number of rotatable bonds is 4. The molecular weight excluding hydrogens is 364 g/mol. The SMILES string of the molecule is CN(Cc1cc2[nH]c(-c3n[nH]c4c3CCC(C)(C)C4)cc2s1)C1CCCCC1. The predicted octanol–water partition coefficient (Wildman–Crippen LogP) is 5.90. The number of thiophene rings is 1. The molecule has 28 heavy (non-hydrogen) atoms. The van der Waals surface area contributed by atoms with Crippen molar-refractivity contribution in [2.45, 2.75) is 77.8 Å². The molecule has 2 aliphatic rings. The average molecular weight is 397 g/mol. The number of nitrogens with zero attached hydrogens (tertiary/aromatic N) is 2. The number of hydrogen-bond acceptors (Lipinski definition) is 3. The van der Waals surface area contributed by atoms with Gasteiger partial charge in [-0.05, 0) is 56.7 Å². The molecule has 0 spiro atoms. The van der Waals surface area contributed by atoms with Gasteiger partial charge >= 0.3 is 0 Å². The van der Waals surface area contributed by atoms with Crippen LogP contribution in [0.5, 0.6) is 0 Å². The minimum Gasteiger partial charge on any atom is -0.352 e. The van der Waals surface area contributed by atoms with Crippen molar-refractivity contribution >= 4 is 21.6 Å². The van der Waals surface area contributed by atoms with Crippen LogP contribution in [0.1, 0.15) is 68.5 Å². The first-order valence-corrected chi connectivity index (χ1v) is 11.7. The van der Waals surface area contributed by atoms with E-state index in [0.29, 0.717) is 5.41 Å². The molecule has 5 heteroatoms. The third-order valence-corrected chi connectivity index (χ3v) is 7.94. The summed E-state index contributed by atoms with van der Waals surface area (Å²) in [6, 6.07) is 5.43. The molecule has 5 rings (SSSR count). The van der Waals surface area contributed by atoms with E-state index in [-0.39, 0.29) is 0 Å². The summed E-state index contributed by atoms with van der Waals surface area (Å²) in [6.45, 7) is 5.78. The van der Waals surface area contributed by atoms with Crippen LogP contribution >= 0.6 is 11.3 Å². The van der Waals surface area contributed by atoms with Gasteiger partial charge in [0.05, 0.1) is 15.9 Å². The highest BCUT2D eigenvalue weighted by atomic mass is 32.1. The van der Waals surface area contributed by atoms with Gasteiger partial charge in [0.1, 0.15) is 5.69 Å². The number of fused-ring (bicyclic) bond motifs is 2. The Bertz CT molecular complexity index is 939. The van der Waals surface area contributed by atoms with Gasteiger partial charge < -0.3 is 4.98 Å². The van der Waals surface area contributed by atoms with Crippen molar-refractivity contribution in [3.63, 3.8) is 0 Å². The van der Waals surface area contributed by atoms with Gasteiger partial charge in [-0.15, -0.1) is 11.3 Å². The van der Waals surface area contributed by atoms with Crippen LogP contribution in [-0.2, 0) is 19.4 Å². The molecule has 150 valence electrons. The van der Waals surface area contributed by atoms with Crippen molar-refractivity contribution in [2.24, 2.45) is 5.41 Å². The molecule has 3 heterocycles. The summed E-state index contributed by atoms with van der Waals surface area (Å²) in [4.78, 5) is 7.68. The van der Waals surface area contributed by atoms with E-state index in [0.717, 1.165) is 31.1 Å². The molecule has 0 atom stereocenters. The van der Waals surface area contributed by atoms with Crippen molar-refractivity contribution in [3.05, 3.63) is 28.3 Å². The van der Waals surface area contributed by atoms with Crippen LogP contribution in [0.3, 0.4) is 0 Å². The first-order chi connectivity index (χ1) is 13.5. The Morgan fingerprint density at radius 3 is 2.82 bits per heavy atom. The van der Waals surface area contributed by atoms with Gasteiger partial charge in [-0.3, -0.25) is 10.00 Å². The summed E-state index contributed by atoms with van der Waals surface area (Å²) in [7, 11) is 2.30. The summed E-state index contributed by atoms with van der Waals surface area (Å²) < 4.78 is 1.36. The summed E-state index contributed by atoms with van der Waals surface area (Å²) >= 11 is 1.93. The molecule has 1 saturated carbocycles. The fraction of sp³-hybridized carbons (Fsp3) is 0.609. The number of hydrogen-bond donors (Lipinski definition) is 2. The van der Waals surface area contributed by atoms with E-state index in [1.54, 1.807) is 0 Å². The van der Waals surface area contributed by atoms with Crippen LogP contribution in [0.25, 0.3) is 21.6 Å². The predicted molar refractivity (Wildman–Crippen MR) is 118 cm³/mol. The minimum atomic E-state index is 0.381. The number of aromatic amines is 2. The lowest BCUT2D eigenvalue weighted by Gasteiger charge is -2.30. The Labute approximate surface area is 171 Å². The van der Waals surface area contributed by atoms with Gasteiger partial charge in [-0.2, -0.15) is 5.10 Å². The Morgan fingerprint density at radius 2 is 2.04 bits per heavy atom. The molecule has 0 unspecified atom stereocenters. The first kappa shape index (κ1) is 18.4. The molecule has 0 saturated heterocycles. The fourth-order valence-corrected chi connectivity index (χ4v) is 6.27. The Hall–Kier alpha value is -1.59. The Morgan fingerprint density at radius 1 is 1.21 bits per heavy atom. The molecule has 3 aromatic rings. The van der Waals surface area contributed by atoms with Crippen molar-refractivity contribution in [3.8, 4) is 11.4 Å². The smallest absolute Gasteiger partial charge is 0.112 e. The summed E-state index contributed by atoms with van der Waals surface area (Å²) in [5, 5.41) is 8.00. The van der Waals surface area contributed by atoms with Crippen molar-refractivity contribution in [1.82, 2.24) is 20.1 Å². The highest BCUT2D eigenvalue weighted by Crippen LogP contribution is 2.39. The zero-order valence-electron chi connectivity index (χ0n) is 17.4. The lowest BCUT2D eigenvalue weighted by atomic mass is 9.76. The van der Waals surface area contributed by atoms with Gasteiger partial charge in [-0.25, -0.2) is 0 Å². The lowest BCUT2D eigenvalue weighted by Crippen LogP contribution is -2.32. The molecule has 0 amide bonds. The third-order valence-electron chi connectivity index (χ3n) is 6.87. The maximum absolute atomic E-state index is 4.68. The van der Waals surface area contributed by atoms with E-state index in [9.17, 15) is 0 Å². The highest BCUT2D eigenvalue weighted by molar-refractivity contribution is 7.19. The van der Waals surface area contributed by atoms with Crippen molar-refractivity contribution < 1.29 is 0 Å². The van der Waals surface area contributed by atoms with Gasteiger partial charge in [0.25, 0.3) is 0 Å². The lowest BCUT2D eigenvalue weighted by molar-refractivity contribution is 0.186. The van der Waals surface area contributed by atoms with E-state index in [1.165, 1.54) is 70.6 Å². The highest BCUT2D eigenvalue weighted by Gasteiger charge is 2.29. The number of H-pyrrole nitrogens is 2. The molecule has 2 aliphatic carbocycles. The molecule has 0 aliphatic heterocycles. The molecule has 0 aromatic carbocycles. The van der Waals surface area contributed by atoms with Crippen LogP contribution in [0, 0.1) is 5.41 Å². The molecule has 4 nitrogen and oxygen atoms in total. The molecule has 0 bridgehead atoms. The average Bonchev–Trinajstić information content (AvgIpc) is 3.33. The Kier molecular flexibility index (Phi) is 4.63. The van der Waals surface area contributed by atoms with Gasteiger partial charge in [-0.1, -0.05) is 33.1 Å². The molecule has 3 aromatic heterocycles. The maximum atomic E-state index is 4.68. The molecule has 2 N–H and O–H groups in total. The van der Waals surface area contributed by atoms with Crippen LogP contribution in [0.2, 0.25) is 0 Å². The van der Waals surface area contributed by atoms with E-state index in [1.807, 2.05) is 11.3 Å². The van der Waals surface area contributed by atoms with Gasteiger partial charge in [0.2, 0.25) is 0 Å². The zero-order chi connectivity index (χ0) is 19.3. The maximum Gasteiger partial charge on any atom is 0.112 e. The second-order valence-corrected chi connectivity index (χ2v) is 10.9. The van der Waals surface area contributed by atoms with E-state index < -0.39 is 0 Å². The largest absolute Gasteiger partial charge is 0.352 e. The number of nitrogens with one attached hydrogen (secondary N) is 2. The molecule has 1 fully saturated rings. The normalized spacial score (nSPS) is 20.1.